The molecule has 3 heteroatoms. The summed E-state index contributed by atoms with van der Waals surface area (Å²) in [6.45, 7) is 1.98. The van der Waals surface area contributed by atoms with Gasteiger partial charge in [0.25, 0.3) is 0 Å². The normalized spacial score (nSPS) is 12.0. The van der Waals surface area contributed by atoms with Gasteiger partial charge < -0.3 is 5.11 Å². The van der Waals surface area contributed by atoms with Crippen LogP contribution in [0.15, 0.2) is 16.5 Å². The van der Waals surface area contributed by atoms with E-state index in [0.717, 1.165) is 11.3 Å². The number of hydrogen-bond donors (Lipinski definition) is 1. The minimum absolute atomic E-state index is 0.109. The number of aliphatic hydroxyl groups is 1. The van der Waals surface area contributed by atoms with Crippen molar-refractivity contribution >= 4 is 17.4 Å². The van der Waals surface area contributed by atoms with E-state index in [0.29, 0.717) is 0 Å². The van der Waals surface area contributed by atoms with Crippen LogP contribution < -0.4 is 0 Å². The van der Waals surface area contributed by atoms with Gasteiger partial charge in [0.2, 0.25) is 0 Å². The van der Waals surface area contributed by atoms with Crippen molar-refractivity contribution in [2.24, 2.45) is 0 Å². The maximum absolute atomic E-state index is 8.64. The molecule has 1 N–H and O–H groups in total. The standard InChI is InChI=1S/C7H9NOS/c1-6(3-9)2-7-4-10-5-8-7/h2,4-5,9H,3H2,1H3. The lowest BCUT2D eigenvalue weighted by Gasteiger charge is -1.89. The summed E-state index contributed by atoms with van der Waals surface area (Å²) in [5.41, 5.74) is 3.64. The average Bonchev–Trinajstić information content (AvgIpc) is 2.40. The third kappa shape index (κ3) is 1.93. The topological polar surface area (TPSA) is 33.1 Å². The van der Waals surface area contributed by atoms with E-state index in [1.807, 2.05) is 18.4 Å². The van der Waals surface area contributed by atoms with Crippen LogP contribution in [0.1, 0.15) is 12.6 Å². The summed E-state index contributed by atoms with van der Waals surface area (Å²) in [6, 6.07) is 0. The van der Waals surface area contributed by atoms with Crippen molar-refractivity contribution < 1.29 is 5.11 Å². The van der Waals surface area contributed by atoms with E-state index in [4.69, 9.17) is 5.11 Å². The molecule has 1 rings (SSSR count). The second-order valence-corrected chi connectivity index (χ2v) is 2.78. The summed E-state index contributed by atoms with van der Waals surface area (Å²) in [6.07, 6.45) is 1.87. The van der Waals surface area contributed by atoms with Gasteiger partial charge in [0.05, 0.1) is 17.8 Å². The molecule has 0 aliphatic rings. The predicted molar refractivity (Wildman–Crippen MR) is 42.9 cm³/mol. The number of hydrogen-bond acceptors (Lipinski definition) is 3. The van der Waals surface area contributed by atoms with Gasteiger partial charge in [0, 0.05) is 5.38 Å². The Morgan fingerprint density at radius 1 is 1.90 bits per heavy atom. The first kappa shape index (κ1) is 7.44. The first-order chi connectivity index (χ1) is 4.83. The highest BCUT2D eigenvalue weighted by atomic mass is 32.1. The van der Waals surface area contributed by atoms with Crippen molar-refractivity contribution in [2.75, 3.05) is 6.61 Å². The van der Waals surface area contributed by atoms with Gasteiger partial charge >= 0.3 is 0 Å². The van der Waals surface area contributed by atoms with Gasteiger partial charge in [-0.1, -0.05) is 0 Å². The van der Waals surface area contributed by atoms with E-state index < -0.39 is 0 Å². The zero-order valence-electron chi connectivity index (χ0n) is 5.74. The lowest BCUT2D eigenvalue weighted by atomic mass is 10.3. The van der Waals surface area contributed by atoms with Crippen LogP contribution in [-0.2, 0) is 0 Å². The summed E-state index contributed by atoms with van der Waals surface area (Å²) in [7, 11) is 0. The lowest BCUT2D eigenvalue weighted by molar-refractivity contribution is 0.332. The summed E-state index contributed by atoms with van der Waals surface area (Å²) in [4.78, 5) is 4.04. The highest BCUT2D eigenvalue weighted by molar-refractivity contribution is 7.07. The molecule has 2 nitrogen and oxygen atoms in total. The van der Waals surface area contributed by atoms with Crippen LogP contribution in [0.25, 0.3) is 6.08 Å². The summed E-state index contributed by atoms with van der Waals surface area (Å²) in [5.74, 6) is 0. The Bertz CT molecular complexity index is 216. The molecule has 1 aromatic heterocycles. The van der Waals surface area contributed by atoms with Gasteiger partial charge in [0.15, 0.2) is 0 Å². The van der Waals surface area contributed by atoms with E-state index in [2.05, 4.69) is 4.98 Å². The number of aliphatic hydroxyl groups excluding tert-OH is 1. The molecule has 0 aliphatic heterocycles. The molecule has 54 valence electrons. The molecule has 0 saturated carbocycles. The van der Waals surface area contributed by atoms with Crippen LogP contribution in [0.2, 0.25) is 0 Å². The molecule has 0 atom stereocenters. The molecule has 10 heavy (non-hydrogen) atoms. The van der Waals surface area contributed by atoms with E-state index in [9.17, 15) is 0 Å². The second-order valence-electron chi connectivity index (χ2n) is 2.06. The van der Waals surface area contributed by atoms with Gasteiger partial charge in [-0.25, -0.2) is 4.98 Å². The van der Waals surface area contributed by atoms with E-state index in [-0.39, 0.29) is 6.61 Å². The smallest absolute Gasteiger partial charge is 0.0798 e. The minimum atomic E-state index is 0.109. The lowest BCUT2D eigenvalue weighted by Crippen LogP contribution is -1.82. The van der Waals surface area contributed by atoms with Crippen LogP contribution in [-0.4, -0.2) is 16.7 Å². The van der Waals surface area contributed by atoms with Gasteiger partial charge in [-0.05, 0) is 18.6 Å². The largest absolute Gasteiger partial charge is 0.392 e. The number of nitrogens with zero attached hydrogens (tertiary/aromatic N) is 1. The molecule has 0 unspecified atom stereocenters. The Morgan fingerprint density at radius 2 is 2.70 bits per heavy atom. The van der Waals surface area contributed by atoms with Crippen LogP contribution in [0.3, 0.4) is 0 Å². The van der Waals surface area contributed by atoms with Crippen LogP contribution in [0.4, 0.5) is 0 Å². The highest BCUT2D eigenvalue weighted by Crippen LogP contribution is 2.05. The molecule has 1 heterocycles. The van der Waals surface area contributed by atoms with Crippen molar-refractivity contribution in [3.63, 3.8) is 0 Å². The van der Waals surface area contributed by atoms with Crippen LogP contribution in [0.5, 0.6) is 0 Å². The quantitative estimate of drug-likeness (QED) is 0.702. The molecule has 0 aromatic carbocycles. The Labute approximate surface area is 63.9 Å². The monoisotopic (exact) mass is 155 g/mol. The van der Waals surface area contributed by atoms with Crippen molar-refractivity contribution in [3.8, 4) is 0 Å². The summed E-state index contributed by atoms with van der Waals surface area (Å²) < 4.78 is 0. The Morgan fingerprint density at radius 3 is 3.20 bits per heavy atom. The van der Waals surface area contributed by atoms with Gasteiger partial charge in [-0.2, -0.15) is 0 Å². The maximum atomic E-state index is 8.64. The summed E-state index contributed by atoms with van der Waals surface area (Å²) >= 11 is 1.55. The zero-order valence-corrected chi connectivity index (χ0v) is 6.56. The molecule has 0 spiro atoms. The Hall–Kier alpha value is -0.670. The molecule has 0 fully saturated rings. The molecular formula is C7H9NOS. The van der Waals surface area contributed by atoms with E-state index >= 15 is 0 Å². The Balaban J connectivity index is 2.71. The molecule has 0 radical (unpaired) electrons. The van der Waals surface area contributed by atoms with Crippen molar-refractivity contribution in [1.29, 1.82) is 0 Å². The Kier molecular flexibility index (Phi) is 2.59. The fourth-order valence-corrected chi connectivity index (χ4v) is 1.10. The van der Waals surface area contributed by atoms with Gasteiger partial charge in [0.1, 0.15) is 0 Å². The number of thiazole rings is 1. The maximum Gasteiger partial charge on any atom is 0.0798 e. The fraction of sp³-hybridized carbons (Fsp3) is 0.286. The molecular weight excluding hydrogens is 146 g/mol. The highest BCUT2D eigenvalue weighted by Gasteiger charge is 1.89. The number of rotatable bonds is 2. The molecule has 0 aliphatic carbocycles. The average molecular weight is 155 g/mol. The molecule has 0 amide bonds. The minimum Gasteiger partial charge on any atom is -0.392 e. The van der Waals surface area contributed by atoms with Gasteiger partial charge in [-0.15, -0.1) is 11.3 Å². The van der Waals surface area contributed by atoms with E-state index in [1.54, 1.807) is 16.8 Å². The number of aromatic nitrogens is 1. The fourth-order valence-electron chi connectivity index (χ4n) is 0.591. The van der Waals surface area contributed by atoms with Crippen molar-refractivity contribution in [3.05, 3.63) is 22.2 Å². The SMILES string of the molecule is CC(=Cc1cscn1)CO. The first-order valence-corrected chi connectivity index (χ1v) is 3.93. The van der Waals surface area contributed by atoms with Crippen LogP contribution >= 0.6 is 11.3 Å². The van der Waals surface area contributed by atoms with E-state index in [1.165, 1.54) is 0 Å². The summed E-state index contributed by atoms with van der Waals surface area (Å²) in [5, 5.41) is 10.6. The van der Waals surface area contributed by atoms with Crippen LogP contribution in [0, 0.1) is 0 Å². The zero-order chi connectivity index (χ0) is 7.40. The third-order valence-corrected chi connectivity index (χ3v) is 1.70. The molecule has 0 saturated heterocycles. The molecule has 1 aromatic rings. The molecule has 0 bridgehead atoms. The second kappa shape index (κ2) is 3.49. The predicted octanol–water partition coefficient (Wildman–Crippen LogP) is 1.54. The van der Waals surface area contributed by atoms with Crippen molar-refractivity contribution in [1.82, 2.24) is 4.98 Å². The van der Waals surface area contributed by atoms with Gasteiger partial charge in [-0.3, -0.25) is 0 Å². The first-order valence-electron chi connectivity index (χ1n) is 2.99. The van der Waals surface area contributed by atoms with Crippen molar-refractivity contribution in [2.45, 2.75) is 6.92 Å². The third-order valence-electron chi connectivity index (χ3n) is 1.10.